The molecule has 1 unspecified atom stereocenters. The minimum Gasteiger partial charge on any atom is -0.471 e. The van der Waals surface area contributed by atoms with Gasteiger partial charge in [-0.1, -0.05) is 45.0 Å². The predicted octanol–water partition coefficient (Wildman–Crippen LogP) is 5.31. The summed E-state index contributed by atoms with van der Waals surface area (Å²) >= 11 is 1.45. The van der Waals surface area contributed by atoms with E-state index < -0.39 is 68.9 Å². The number of nitrogens with zero attached hydrogens (tertiary/aromatic N) is 3. The maximum absolute atomic E-state index is 14.8. The van der Waals surface area contributed by atoms with E-state index >= 15 is 0 Å². The Morgan fingerprint density at radius 1 is 0.967 bits per heavy atom. The molecule has 3 aliphatic rings. The zero-order valence-corrected chi connectivity index (χ0v) is 35.9. The van der Waals surface area contributed by atoms with Gasteiger partial charge in [0.2, 0.25) is 23.6 Å². The molecule has 2 aromatic carbocycles. The van der Waals surface area contributed by atoms with Gasteiger partial charge < -0.3 is 30.3 Å². The van der Waals surface area contributed by atoms with E-state index in [0.717, 1.165) is 30.6 Å². The predicted molar refractivity (Wildman–Crippen MR) is 228 cm³/mol. The molecule has 0 radical (unpaired) electrons. The van der Waals surface area contributed by atoms with Crippen molar-refractivity contribution in [1.82, 2.24) is 30.2 Å². The number of anilines is 1. The summed E-state index contributed by atoms with van der Waals surface area (Å²) in [6.07, 6.45) is 2.98. The summed E-state index contributed by atoms with van der Waals surface area (Å²) in [5, 5.41) is 10.0. The smallest absolute Gasteiger partial charge is 0.408 e. The highest BCUT2D eigenvalue weighted by molar-refractivity contribution is 7.90. The first-order valence-electron chi connectivity index (χ1n) is 20.1. The van der Waals surface area contributed by atoms with E-state index in [-0.39, 0.29) is 42.2 Å². The highest BCUT2D eigenvalue weighted by Gasteiger charge is 2.61. The quantitative estimate of drug-likeness (QED) is 0.126. The fourth-order valence-electron chi connectivity index (χ4n) is 7.83. The minimum atomic E-state index is -4.43. The zero-order valence-electron chi connectivity index (χ0n) is 34.3. The van der Waals surface area contributed by atoms with Crippen molar-refractivity contribution in [3.63, 3.8) is 0 Å². The molecule has 61 heavy (non-hydrogen) atoms. The Balaban J connectivity index is 1.17. The Hall–Kier alpha value is -5.88. The van der Waals surface area contributed by atoms with Crippen LogP contribution in [0.5, 0.6) is 5.88 Å². The second-order valence-electron chi connectivity index (χ2n) is 16.7. The van der Waals surface area contributed by atoms with Gasteiger partial charge in [0.15, 0.2) is 0 Å². The molecule has 322 valence electrons. The van der Waals surface area contributed by atoms with E-state index in [1.54, 1.807) is 26.8 Å². The summed E-state index contributed by atoms with van der Waals surface area (Å²) < 4.78 is 41.2. The third-order valence-corrected chi connectivity index (χ3v) is 13.4. The highest BCUT2D eigenvalue weighted by Crippen LogP contribution is 2.45. The Bertz CT molecular complexity index is 2450. The Labute approximate surface area is 357 Å². The Kier molecular flexibility index (Phi) is 12.2. The van der Waals surface area contributed by atoms with Crippen molar-refractivity contribution in [3.8, 4) is 16.5 Å². The Morgan fingerprint density at radius 3 is 2.26 bits per heavy atom. The second kappa shape index (κ2) is 17.2. The summed E-state index contributed by atoms with van der Waals surface area (Å²) in [5.74, 6) is -3.09. The Morgan fingerprint density at radius 2 is 1.66 bits per heavy atom. The van der Waals surface area contributed by atoms with Crippen LogP contribution in [0, 0.1) is 11.3 Å². The summed E-state index contributed by atoms with van der Waals surface area (Å²) in [4.78, 5) is 79.5. The molecule has 1 saturated heterocycles. The molecular formula is C43H49N7O9S2. The summed E-state index contributed by atoms with van der Waals surface area (Å²) in [5.41, 5.74) is -0.487. The van der Waals surface area contributed by atoms with E-state index in [9.17, 15) is 32.4 Å². The van der Waals surface area contributed by atoms with E-state index in [4.69, 9.17) is 19.4 Å². The summed E-state index contributed by atoms with van der Waals surface area (Å²) in [6.45, 7) is 10.4. The van der Waals surface area contributed by atoms with Crippen molar-refractivity contribution in [2.75, 3.05) is 11.9 Å². The van der Waals surface area contributed by atoms with E-state index in [0.29, 0.717) is 22.4 Å². The van der Waals surface area contributed by atoms with Gasteiger partial charge in [0.25, 0.3) is 15.9 Å². The van der Waals surface area contributed by atoms with Crippen LogP contribution in [0.4, 0.5) is 10.5 Å². The summed E-state index contributed by atoms with van der Waals surface area (Å²) in [7, 11) is -4.43. The first-order chi connectivity index (χ1) is 29.0. The van der Waals surface area contributed by atoms with Crippen LogP contribution in [0.25, 0.3) is 21.6 Å². The topological polar surface area (TPSA) is 215 Å². The first-order valence-corrected chi connectivity index (χ1v) is 22.5. The number of hydrogen-bond donors (Lipinski definition) is 4. The number of thiophene rings is 1. The lowest BCUT2D eigenvalue weighted by Crippen LogP contribution is -2.60. The van der Waals surface area contributed by atoms with Crippen LogP contribution >= 0.6 is 11.3 Å². The van der Waals surface area contributed by atoms with Crippen LogP contribution in [0.15, 0.2) is 83.6 Å². The number of para-hydroxylation sites is 2. The number of aromatic nitrogens is 2. The second-order valence-corrected chi connectivity index (χ2v) is 19.4. The number of sulfonamides is 1. The molecule has 4 aromatic rings. The van der Waals surface area contributed by atoms with E-state index in [1.807, 2.05) is 35.7 Å². The number of carbonyl (C=O) groups is 5. The molecule has 16 nitrogen and oxygen atoms in total. The normalized spacial score (nSPS) is 21.9. The molecule has 0 spiro atoms. The molecule has 2 aromatic heterocycles. The molecule has 3 fully saturated rings. The number of rotatable bonds is 13. The van der Waals surface area contributed by atoms with Gasteiger partial charge in [-0.05, 0) is 85.4 Å². The fourth-order valence-corrected chi connectivity index (χ4v) is 9.57. The van der Waals surface area contributed by atoms with Gasteiger partial charge in [-0.2, -0.15) is 0 Å². The van der Waals surface area contributed by atoms with E-state index in [1.165, 1.54) is 53.5 Å². The molecule has 5 atom stereocenters. The monoisotopic (exact) mass is 871 g/mol. The molecule has 3 heterocycles. The lowest BCUT2D eigenvalue weighted by molar-refractivity contribution is -0.143. The van der Waals surface area contributed by atoms with Crippen molar-refractivity contribution in [2.45, 2.75) is 101 Å². The molecule has 2 aliphatic carbocycles. The number of amides is 5. The van der Waals surface area contributed by atoms with Crippen LogP contribution in [-0.2, 0) is 33.9 Å². The van der Waals surface area contributed by atoms with Crippen LogP contribution in [-0.4, -0.2) is 89.4 Å². The number of likely N-dealkylation sites (tertiary alicyclic amines) is 1. The van der Waals surface area contributed by atoms with Crippen molar-refractivity contribution < 1.29 is 41.9 Å². The number of hydrogen-bond acceptors (Lipinski definition) is 12. The van der Waals surface area contributed by atoms with Gasteiger partial charge in [0.05, 0.1) is 27.4 Å². The van der Waals surface area contributed by atoms with Gasteiger partial charge in [-0.25, -0.2) is 27.9 Å². The molecule has 4 N–H and O–H groups in total. The number of ether oxygens (including phenoxy) is 2. The first kappa shape index (κ1) is 43.2. The van der Waals surface area contributed by atoms with Gasteiger partial charge in [0.1, 0.15) is 35.5 Å². The average Bonchev–Trinajstić information content (AvgIpc) is 3.69. The number of carbonyl (C=O) groups excluding carboxylic acids is 5. The molecule has 0 bridgehead atoms. The van der Waals surface area contributed by atoms with Gasteiger partial charge in [-0.3, -0.25) is 19.2 Å². The average molecular weight is 872 g/mol. The van der Waals surface area contributed by atoms with Crippen molar-refractivity contribution in [3.05, 3.63) is 78.7 Å². The SMILES string of the molecule is C=C[C@@H]1CC1(NC(=O)[C@@H]1C[C@@H](Oc2nc3ccccc3nc2-c2cccs2)CN1C(=O)[C@@H](NC(=O)OC1CCCC1)C(C)(C)C)C(=O)NS(=O)(=O)c1ccc(NC(C)=O)cc1. The van der Waals surface area contributed by atoms with Crippen molar-refractivity contribution in [1.29, 1.82) is 0 Å². The van der Waals surface area contributed by atoms with Gasteiger partial charge in [0, 0.05) is 24.9 Å². The van der Waals surface area contributed by atoms with Crippen LogP contribution in [0.2, 0.25) is 0 Å². The molecule has 5 amide bonds. The molecule has 7 rings (SSSR count). The molecular weight excluding hydrogens is 823 g/mol. The number of alkyl carbamates (subject to hydrolysis) is 1. The third-order valence-electron chi connectivity index (χ3n) is 11.1. The van der Waals surface area contributed by atoms with Crippen LogP contribution < -0.4 is 25.4 Å². The summed E-state index contributed by atoms with van der Waals surface area (Å²) in [6, 6.07) is 14.0. The standard InChI is InChI=1S/C43H49N7O9S2/c1-6-26-23-43(26,40(54)49-61(56,57)30-19-17-27(18-20-30)44-25(2)51)48-37(52)33-22-29(58-38-35(34-16-11-21-60-34)45-31-14-9-10-15-32(31)46-38)24-50(33)39(53)36(42(3,4)5)47-41(55)59-28-12-7-8-13-28/h6,9-11,14-21,26,28-29,33,36H,1,7-8,12-13,22-24H2,2-5H3,(H,44,51)(H,47,55)(H,48,52)(H,49,54)/t26-,29-,33+,36-,43?/m1/s1. The van der Waals surface area contributed by atoms with Gasteiger partial charge >= 0.3 is 6.09 Å². The zero-order chi connectivity index (χ0) is 43.7. The maximum atomic E-state index is 14.8. The van der Waals surface area contributed by atoms with Gasteiger partial charge in [-0.15, -0.1) is 17.9 Å². The maximum Gasteiger partial charge on any atom is 0.408 e. The number of nitrogens with one attached hydrogen (secondary N) is 4. The van der Waals surface area contributed by atoms with E-state index in [2.05, 4.69) is 27.3 Å². The lowest BCUT2D eigenvalue weighted by atomic mass is 9.85. The number of benzene rings is 2. The lowest BCUT2D eigenvalue weighted by Gasteiger charge is -2.35. The van der Waals surface area contributed by atoms with Crippen molar-refractivity contribution >= 4 is 67.8 Å². The van der Waals surface area contributed by atoms with Crippen LogP contribution in [0.1, 0.15) is 66.2 Å². The van der Waals surface area contributed by atoms with Crippen LogP contribution in [0.3, 0.4) is 0 Å². The number of fused-ring (bicyclic) bond motifs is 1. The molecule has 1 aliphatic heterocycles. The third kappa shape index (κ3) is 9.54. The molecule has 2 saturated carbocycles. The fraction of sp³-hybridized carbons (Fsp3) is 0.419. The largest absolute Gasteiger partial charge is 0.471 e. The molecule has 18 heteroatoms. The highest BCUT2D eigenvalue weighted by atomic mass is 32.2. The minimum absolute atomic E-state index is 0.0433. The van der Waals surface area contributed by atoms with Crippen molar-refractivity contribution in [2.24, 2.45) is 11.3 Å².